The Hall–Kier alpha value is -2.57. The molecule has 1 aliphatic heterocycles. The molecular weight excluding hydrogens is 471 g/mol. The largest absolute Gasteiger partial charge is 0.522 e. The highest BCUT2D eigenvalue weighted by Crippen LogP contribution is 2.67. The van der Waals surface area contributed by atoms with Crippen LogP contribution in [0.1, 0.15) is 43.2 Å². The van der Waals surface area contributed by atoms with Crippen molar-refractivity contribution >= 4 is 17.5 Å². The number of nitrogens with zero attached hydrogens (tertiary/aromatic N) is 2. The van der Waals surface area contributed by atoms with Crippen molar-refractivity contribution in [2.75, 3.05) is 13.2 Å². The molecule has 2 bridgehead atoms. The maximum atomic E-state index is 12.8. The van der Waals surface area contributed by atoms with Crippen molar-refractivity contribution in [1.82, 2.24) is 15.5 Å². The summed E-state index contributed by atoms with van der Waals surface area (Å²) in [6.45, 7) is -1.09. The zero-order valence-corrected chi connectivity index (χ0v) is 17.8. The molecule has 4 aliphatic rings. The van der Waals surface area contributed by atoms with E-state index in [1.54, 1.807) is 18.2 Å². The molecule has 1 amide bonds. The molecule has 1 aromatic carbocycles. The Labute approximate surface area is 190 Å². The van der Waals surface area contributed by atoms with Gasteiger partial charge in [-0.25, -0.2) is 0 Å². The van der Waals surface area contributed by atoms with Gasteiger partial charge in [0.1, 0.15) is 12.4 Å². The molecule has 9 nitrogen and oxygen atoms in total. The van der Waals surface area contributed by atoms with Crippen LogP contribution in [0.3, 0.4) is 0 Å². The van der Waals surface area contributed by atoms with Gasteiger partial charge in [-0.2, -0.15) is 0 Å². The van der Waals surface area contributed by atoms with Gasteiger partial charge >= 0.3 is 12.4 Å². The minimum Gasteiger partial charge on any atom is -0.480 e. The predicted molar refractivity (Wildman–Crippen MR) is 104 cm³/mol. The number of amides is 1. The molecule has 33 heavy (non-hydrogen) atoms. The summed E-state index contributed by atoms with van der Waals surface area (Å²) in [6, 6.07) is 4.87. The molecule has 2 N–H and O–H groups in total. The monoisotopic (exact) mass is 489 g/mol. The van der Waals surface area contributed by atoms with Crippen molar-refractivity contribution in [2.45, 2.75) is 55.2 Å². The summed E-state index contributed by atoms with van der Waals surface area (Å²) in [6.07, 6.45) is -4.82. The highest BCUT2D eigenvalue weighted by molar-refractivity contribution is 6.30. The summed E-state index contributed by atoms with van der Waals surface area (Å²) < 4.78 is 55.7. The van der Waals surface area contributed by atoms with E-state index in [9.17, 15) is 23.1 Å². The van der Waals surface area contributed by atoms with E-state index >= 15 is 0 Å². The van der Waals surface area contributed by atoms with Gasteiger partial charge in [-0.05, 0) is 37.5 Å². The van der Waals surface area contributed by atoms with Crippen LogP contribution in [0.25, 0.3) is 0 Å². The van der Waals surface area contributed by atoms with E-state index < -0.39 is 37.3 Å². The zero-order valence-electron chi connectivity index (χ0n) is 17.0. The SMILES string of the molecule is O=C(NC12CC(c3nnc(OCCOC(F)(F)F)o3)(C1)C2)[C@H]1C[C@@H](O)c2cc(Cl)ccc2O1. The number of nitrogens with one attached hydrogen (secondary N) is 1. The Bertz CT molecular complexity index is 1060. The van der Waals surface area contributed by atoms with Crippen LogP contribution in [0.2, 0.25) is 5.02 Å². The van der Waals surface area contributed by atoms with Gasteiger partial charge in [0.25, 0.3) is 5.91 Å². The van der Waals surface area contributed by atoms with Crippen LogP contribution >= 0.6 is 11.6 Å². The van der Waals surface area contributed by atoms with Gasteiger partial charge in [0.15, 0.2) is 6.10 Å². The van der Waals surface area contributed by atoms with Crippen molar-refractivity contribution in [1.29, 1.82) is 0 Å². The summed E-state index contributed by atoms with van der Waals surface area (Å²) in [5, 5.41) is 21.5. The van der Waals surface area contributed by atoms with Gasteiger partial charge in [-0.3, -0.25) is 9.53 Å². The lowest BCUT2D eigenvalue weighted by molar-refractivity contribution is -0.325. The van der Waals surface area contributed by atoms with E-state index in [0.29, 0.717) is 41.5 Å². The molecule has 0 unspecified atom stereocenters. The minimum absolute atomic E-state index is 0.114. The average molecular weight is 490 g/mol. The van der Waals surface area contributed by atoms with Gasteiger partial charge in [-0.15, -0.1) is 18.3 Å². The molecule has 1 aromatic heterocycles. The smallest absolute Gasteiger partial charge is 0.480 e. The predicted octanol–water partition coefficient (Wildman–Crippen LogP) is 2.81. The highest BCUT2D eigenvalue weighted by Gasteiger charge is 2.72. The van der Waals surface area contributed by atoms with Gasteiger partial charge < -0.3 is 24.3 Å². The van der Waals surface area contributed by atoms with Crippen molar-refractivity contribution in [3.8, 4) is 11.8 Å². The Balaban J connectivity index is 1.12. The van der Waals surface area contributed by atoms with E-state index in [2.05, 4.69) is 20.3 Å². The Morgan fingerprint density at radius 1 is 1.27 bits per heavy atom. The fraction of sp³-hybridized carbons (Fsp3) is 0.550. The Morgan fingerprint density at radius 3 is 2.76 bits per heavy atom. The maximum Gasteiger partial charge on any atom is 0.522 e. The summed E-state index contributed by atoms with van der Waals surface area (Å²) in [5.41, 5.74) is -0.252. The third kappa shape index (κ3) is 4.22. The van der Waals surface area contributed by atoms with Gasteiger partial charge in [0, 0.05) is 22.5 Å². The number of hydrogen-bond acceptors (Lipinski definition) is 8. The van der Waals surface area contributed by atoms with Crippen LogP contribution in [-0.2, 0) is 14.9 Å². The Morgan fingerprint density at radius 2 is 2.03 bits per heavy atom. The van der Waals surface area contributed by atoms with Gasteiger partial charge in [0.05, 0.1) is 18.1 Å². The number of aliphatic hydroxyl groups excluding tert-OH is 1. The van der Waals surface area contributed by atoms with Crippen molar-refractivity contribution in [3.63, 3.8) is 0 Å². The number of hydrogen-bond donors (Lipinski definition) is 2. The second-order valence-electron chi connectivity index (χ2n) is 8.64. The Kier molecular flexibility index (Phi) is 5.22. The average Bonchev–Trinajstić information content (AvgIpc) is 3.15. The standard InChI is InChI=1S/C20H19ClF3N3O6/c21-10-1-2-13-11(5-10)12(28)6-14(32-13)15(29)25-19-7-18(8-19,9-19)16-26-27-17(33-16)30-3-4-31-20(22,23)24/h1-2,5,12,14,28H,3-4,6-9H2,(H,25,29)/t12-,14-,18?,19?/m1/s1. The number of alkyl halides is 3. The summed E-state index contributed by atoms with van der Waals surface area (Å²) >= 11 is 5.96. The molecule has 3 fully saturated rings. The first-order valence-electron chi connectivity index (χ1n) is 10.2. The number of carbonyl (C=O) groups is 1. The van der Waals surface area contributed by atoms with Crippen LogP contribution < -0.4 is 14.8 Å². The molecule has 3 aliphatic carbocycles. The van der Waals surface area contributed by atoms with Gasteiger partial charge in [0.2, 0.25) is 5.89 Å². The number of ether oxygens (including phenoxy) is 3. The molecule has 13 heteroatoms. The first-order valence-corrected chi connectivity index (χ1v) is 10.6. The number of aliphatic hydroxyl groups is 1. The first kappa shape index (κ1) is 22.2. The lowest BCUT2D eigenvalue weighted by Gasteiger charge is -2.68. The number of benzene rings is 1. The fourth-order valence-corrected chi connectivity index (χ4v) is 5.02. The van der Waals surface area contributed by atoms with Crippen LogP contribution in [0.4, 0.5) is 13.2 Å². The van der Waals surface area contributed by atoms with Gasteiger partial charge in [-0.1, -0.05) is 16.7 Å². The highest BCUT2D eigenvalue weighted by atomic mass is 35.5. The molecule has 2 heterocycles. The van der Waals surface area contributed by atoms with Crippen molar-refractivity contribution in [2.24, 2.45) is 0 Å². The molecule has 0 spiro atoms. The van der Waals surface area contributed by atoms with Crippen molar-refractivity contribution < 1.29 is 41.7 Å². The fourth-order valence-electron chi connectivity index (χ4n) is 4.84. The summed E-state index contributed by atoms with van der Waals surface area (Å²) in [4.78, 5) is 12.8. The molecule has 6 rings (SSSR count). The molecule has 2 aromatic rings. The normalized spacial score (nSPS) is 29.8. The van der Waals surface area contributed by atoms with Crippen LogP contribution in [0.15, 0.2) is 22.6 Å². The quantitative estimate of drug-likeness (QED) is 0.570. The van der Waals surface area contributed by atoms with Crippen molar-refractivity contribution in [3.05, 3.63) is 34.7 Å². The zero-order chi connectivity index (χ0) is 23.4. The lowest BCUT2D eigenvalue weighted by atomic mass is 9.39. The minimum atomic E-state index is -4.73. The molecule has 2 atom stereocenters. The molecule has 3 saturated carbocycles. The second kappa shape index (κ2) is 7.74. The topological polar surface area (TPSA) is 116 Å². The van der Waals surface area contributed by atoms with E-state index in [1.165, 1.54) is 0 Å². The lowest BCUT2D eigenvalue weighted by Crippen LogP contribution is -2.77. The number of carbonyl (C=O) groups excluding carboxylic acids is 1. The third-order valence-corrected chi connectivity index (χ3v) is 6.42. The van der Waals surface area contributed by atoms with E-state index in [-0.39, 0.29) is 23.8 Å². The van der Waals surface area contributed by atoms with Crippen LogP contribution in [-0.4, -0.2) is 52.4 Å². The summed E-state index contributed by atoms with van der Waals surface area (Å²) in [7, 11) is 0. The molecule has 0 radical (unpaired) electrons. The molecule has 178 valence electrons. The van der Waals surface area contributed by atoms with Crippen LogP contribution in [0.5, 0.6) is 11.8 Å². The maximum absolute atomic E-state index is 12.8. The number of fused-ring (bicyclic) bond motifs is 1. The van der Waals surface area contributed by atoms with Crippen LogP contribution in [0, 0.1) is 0 Å². The molecular formula is C20H19ClF3N3O6. The second-order valence-corrected chi connectivity index (χ2v) is 9.07. The molecule has 0 saturated heterocycles. The van der Waals surface area contributed by atoms with E-state index in [0.717, 1.165) is 0 Å². The van der Waals surface area contributed by atoms with E-state index in [4.69, 9.17) is 25.5 Å². The number of rotatable bonds is 7. The third-order valence-electron chi connectivity index (χ3n) is 6.18. The number of aromatic nitrogens is 2. The number of halogens is 4. The summed E-state index contributed by atoms with van der Waals surface area (Å²) in [5.74, 6) is 0.425. The first-order chi connectivity index (χ1) is 15.6. The van der Waals surface area contributed by atoms with E-state index in [1.807, 2.05) is 0 Å².